The van der Waals surface area contributed by atoms with E-state index < -0.39 is 0 Å². The number of rotatable bonds is 4. The smallest absolute Gasteiger partial charge is 0.299 e. The molecule has 0 aliphatic rings. The molecule has 7 heteroatoms. The van der Waals surface area contributed by atoms with Crippen molar-refractivity contribution in [1.82, 2.24) is 19.7 Å². The van der Waals surface area contributed by atoms with Gasteiger partial charge in [-0.3, -0.25) is 4.79 Å². The summed E-state index contributed by atoms with van der Waals surface area (Å²) in [6, 6.07) is 13.8. The molecule has 0 fully saturated rings. The Kier molecular flexibility index (Phi) is 3.32. The van der Waals surface area contributed by atoms with Crippen molar-refractivity contribution in [3.63, 3.8) is 0 Å². The van der Waals surface area contributed by atoms with Crippen molar-refractivity contribution in [3.8, 4) is 22.3 Å². The van der Waals surface area contributed by atoms with Gasteiger partial charge in [-0.2, -0.15) is 14.8 Å². The number of thiazole rings is 1. The van der Waals surface area contributed by atoms with Crippen LogP contribution in [0.25, 0.3) is 27.4 Å². The number of nitrogens with zero attached hydrogens (tertiary/aromatic N) is 4. The molecule has 112 valence electrons. The lowest BCUT2D eigenvalue weighted by molar-refractivity contribution is -0.120. The number of fused-ring (bicyclic) bond motifs is 1. The van der Waals surface area contributed by atoms with Crippen molar-refractivity contribution >= 4 is 28.8 Å². The van der Waals surface area contributed by atoms with Gasteiger partial charge in [0, 0.05) is 17.1 Å². The number of aromatic nitrogens is 4. The summed E-state index contributed by atoms with van der Waals surface area (Å²) in [4.78, 5) is 19.1. The fourth-order valence-electron chi connectivity index (χ4n) is 2.35. The van der Waals surface area contributed by atoms with E-state index in [1.54, 1.807) is 16.3 Å². The van der Waals surface area contributed by atoms with Gasteiger partial charge in [-0.15, -0.1) is 0 Å². The lowest BCUT2D eigenvalue weighted by atomic mass is 10.1. The summed E-state index contributed by atoms with van der Waals surface area (Å²) in [7, 11) is 0. The first kappa shape index (κ1) is 13.6. The van der Waals surface area contributed by atoms with Gasteiger partial charge < -0.3 is 4.74 Å². The fourth-order valence-corrected chi connectivity index (χ4v) is 3.03. The van der Waals surface area contributed by atoms with Crippen molar-refractivity contribution in [2.75, 3.05) is 0 Å². The van der Waals surface area contributed by atoms with Crippen LogP contribution in [0.1, 0.15) is 0 Å². The van der Waals surface area contributed by atoms with E-state index in [1.807, 2.05) is 42.5 Å². The molecule has 0 radical (unpaired) electrons. The summed E-state index contributed by atoms with van der Waals surface area (Å²) in [5.74, 6) is 0.251. The maximum atomic E-state index is 10.4. The van der Waals surface area contributed by atoms with Crippen LogP contribution in [-0.2, 0) is 4.79 Å². The van der Waals surface area contributed by atoms with Crippen LogP contribution in [0.4, 0.5) is 0 Å². The van der Waals surface area contributed by atoms with E-state index in [1.165, 1.54) is 11.3 Å². The molecule has 23 heavy (non-hydrogen) atoms. The van der Waals surface area contributed by atoms with Crippen LogP contribution >= 0.6 is 11.3 Å². The summed E-state index contributed by atoms with van der Waals surface area (Å²) in [6.45, 7) is 0.355. The molecule has 1 aromatic carbocycles. The highest BCUT2D eigenvalue weighted by Gasteiger charge is 2.16. The van der Waals surface area contributed by atoms with Gasteiger partial charge in [-0.1, -0.05) is 41.7 Å². The maximum absolute atomic E-state index is 10.4. The second kappa shape index (κ2) is 5.62. The summed E-state index contributed by atoms with van der Waals surface area (Å²) in [6.07, 6.45) is 1.71. The summed E-state index contributed by atoms with van der Waals surface area (Å²) in [5.41, 5.74) is 2.55. The Labute approximate surface area is 135 Å². The van der Waals surface area contributed by atoms with Gasteiger partial charge >= 0.3 is 0 Å². The topological polar surface area (TPSA) is 69.9 Å². The quantitative estimate of drug-likeness (QED) is 0.540. The van der Waals surface area contributed by atoms with Crippen LogP contribution in [0.3, 0.4) is 0 Å². The molecule has 4 aromatic rings. The Morgan fingerprint density at radius 3 is 2.83 bits per heavy atom. The zero-order valence-electron chi connectivity index (χ0n) is 11.8. The second-order valence-electron chi connectivity index (χ2n) is 4.68. The molecule has 0 atom stereocenters. The molecule has 0 spiro atoms. The first-order valence-electron chi connectivity index (χ1n) is 6.82. The first-order valence-corrected chi connectivity index (χ1v) is 7.70. The Bertz CT molecular complexity index is 978. The van der Waals surface area contributed by atoms with E-state index in [0.29, 0.717) is 17.3 Å². The largest absolute Gasteiger partial charge is 0.409 e. The molecule has 0 amide bonds. The summed E-state index contributed by atoms with van der Waals surface area (Å²) in [5, 5.41) is 7.84. The molecule has 0 N–H and O–H groups in total. The van der Waals surface area contributed by atoms with Crippen molar-refractivity contribution in [1.29, 1.82) is 0 Å². The lowest BCUT2D eigenvalue weighted by Crippen LogP contribution is -1.97. The van der Waals surface area contributed by atoms with Gasteiger partial charge in [-0.05, 0) is 12.1 Å². The van der Waals surface area contributed by atoms with Gasteiger partial charge in [-0.25, -0.2) is 4.98 Å². The monoisotopic (exact) mass is 322 g/mol. The second-order valence-corrected chi connectivity index (χ2v) is 5.52. The molecule has 0 unspecified atom stereocenters. The molecular weight excluding hydrogens is 312 g/mol. The predicted octanol–water partition coefficient (Wildman–Crippen LogP) is 3.08. The third kappa shape index (κ3) is 2.36. The molecule has 3 heterocycles. The summed E-state index contributed by atoms with van der Waals surface area (Å²) < 4.78 is 6.44. The van der Waals surface area contributed by atoms with E-state index in [0.717, 1.165) is 16.6 Å². The van der Waals surface area contributed by atoms with Crippen LogP contribution in [0, 0.1) is 0 Å². The predicted molar refractivity (Wildman–Crippen MR) is 86.7 cm³/mol. The zero-order chi connectivity index (χ0) is 15.6. The number of ether oxygens (including phenoxy) is 1. The molecule has 0 saturated carbocycles. The van der Waals surface area contributed by atoms with Gasteiger partial charge in [0.05, 0.1) is 5.38 Å². The molecule has 4 rings (SSSR count). The van der Waals surface area contributed by atoms with Crippen LogP contribution in [0.5, 0.6) is 5.88 Å². The Balaban J connectivity index is 1.92. The molecule has 0 aliphatic carbocycles. The normalized spacial score (nSPS) is 10.8. The SMILES string of the molecule is O=COc1csc(-n2nc(-c3ccccc3)c3cccnc32)n1. The lowest BCUT2D eigenvalue weighted by Gasteiger charge is -1.96. The van der Waals surface area contributed by atoms with Gasteiger partial charge in [0.15, 0.2) is 5.65 Å². The third-order valence-electron chi connectivity index (χ3n) is 3.31. The zero-order valence-corrected chi connectivity index (χ0v) is 12.6. The van der Waals surface area contributed by atoms with Gasteiger partial charge in [0.2, 0.25) is 11.0 Å². The molecule has 0 bridgehead atoms. The Hall–Kier alpha value is -3.06. The number of pyridine rings is 1. The first-order chi connectivity index (χ1) is 11.4. The van der Waals surface area contributed by atoms with Crippen molar-refractivity contribution in [2.45, 2.75) is 0 Å². The number of carbonyl (C=O) groups excluding carboxylic acids is 1. The van der Waals surface area contributed by atoms with Gasteiger partial charge in [0.25, 0.3) is 6.47 Å². The molecule has 6 nitrogen and oxygen atoms in total. The third-order valence-corrected chi connectivity index (χ3v) is 4.11. The highest BCUT2D eigenvalue weighted by Crippen LogP contribution is 2.30. The molecule has 3 aromatic heterocycles. The Morgan fingerprint density at radius 2 is 2.00 bits per heavy atom. The highest BCUT2D eigenvalue weighted by molar-refractivity contribution is 7.12. The molecular formula is C16H10N4O2S. The van der Waals surface area contributed by atoms with Crippen LogP contribution in [0.2, 0.25) is 0 Å². The average molecular weight is 322 g/mol. The van der Waals surface area contributed by atoms with Gasteiger partial charge in [0.1, 0.15) is 5.69 Å². The van der Waals surface area contributed by atoms with E-state index in [9.17, 15) is 4.79 Å². The highest BCUT2D eigenvalue weighted by atomic mass is 32.1. The number of hydrogen-bond acceptors (Lipinski definition) is 6. The minimum absolute atomic E-state index is 0.251. The number of carbonyl (C=O) groups is 1. The van der Waals surface area contributed by atoms with Crippen LogP contribution in [-0.4, -0.2) is 26.2 Å². The fraction of sp³-hybridized carbons (Fsp3) is 0. The number of benzene rings is 1. The maximum Gasteiger partial charge on any atom is 0.299 e. The van der Waals surface area contributed by atoms with E-state index in [4.69, 9.17) is 4.74 Å². The van der Waals surface area contributed by atoms with Crippen LogP contribution < -0.4 is 4.74 Å². The Morgan fingerprint density at radius 1 is 1.13 bits per heavy atom. The summed E-state index contributed by atoms with van der Waals surface area (Å²) >= 11 is 1.33. The molecule has 0 saturated heterocycles. The minimum atomic E-state index is 0.251. The van der Waals surface area contributed by atoms with Crippen LogP contribution in [0.15, 0.2) is 54.0 Å². The average Bonchev–Trinajstić information content (AvgIpc) is 3.20. The van der Waals surface area contributed by atoms with E-state index >= 15 is 0 Å². The van der Waals surface area contributed by atoms with Crippen molar-refractivity contribution < 1.29 is 9.53 Å². The minimum Gasteiger partial charge on any atom is -0.409 e. The van der Waals surface area contributed by atoms with Crippen molar-refractivity contribution in [3.05, 3.63) is 54.0 Å². The number of hydrogen-bond donors (Lipinski definition) is 0. The van der Waals surface area contributed by atoms with E-state index in [-0.39, 0.29) is 5.88 Å². The molecule has 0 aliphatic heterocycles. The van der Waals surface area contributed by atoms with Crippen molar-refractivity contribution in [2.24, 2.45) is 0 Å². The standard InChI is InChI=1S/C16H10N4O2S/c21-10-22-13-9-23-16(18-13)20-15-12(7-4-8-17-15)14(19-20)11-5-2-1-3-6-11/h1-10H. The van der Waals surface area contributed by atoms with E-state index in [2.05, 4.69) is 15.1 Å².